The Balaban J connectivity index is 0.000000170. The number of thiazole rings is 1. The first-order valence-corrected chi connectivity index (χ1v) is 10.7. The molecule has 7 heteroatoms. The summed E-state index contributed by atoms with van der Waals surface area (Å²) in [5, 5.41) is 9.35. The van der Waals surface area contributed by atoms with Crippen LogP contribution in [0.2, 0.25) is 0 Å². The number of nitrogens with zero attached hydrogens (tertiary/aromatic N) is 1. The van der Waals surface area contributed by atoms with E-state index >= 15 is 0 Å². The molecule has 5 N–H and O–H groups in total. The molecule has 0 aliphatic heterocycles. The monoisotopic (exact) mass is 390 g/mol. The SMILES string of the molecule is CC(C)c1ncc(SN)s1.NC(=O)Nc1c2c(cc3c1CCC3)CCC2. The second-order valence-electron chi connectivity index (χ2n) is 7.01. The van der Waals surface area contributed by atoms with Crippen molar-refractivity contribution in [3.8, 4) is 0 Å². The van der Waals surface area contributed by atoms with Crippen molar-refractivity contribution in [3.05, 3.63) is 39.5 Å². The highest BCUT2D eigenvalue weighted by molar-refractivity contribution is 7.99. The number of aromatic nitrogens is 1. The molecule has 0 bridgehead atoms. The molecular formula is C19H26N4OS2. The van der Waals surface area contributed by atoms with Gasteiger partial charge in [0.25, 0.3) is 0 Å². The number of hydrogen-bond donors (Lipinski definition) is 3. The van der Waals surface area contributed by atoms with Crippen LogP contribution in [0.25, 0.3) is 0 Å². The summed E-state index contributed by atoms with van der Waals surface area (Å²) in [5.41, 5.74) is 11.8. The lowest BCUT2D eigenvalue weighted by Gasteiger charge is -2.14. The Hall–Kier alpha value is -1.57. The Morgan fingerprint density at radius 2 is 1.81 bits per heavy atom. The first kappa shape index (κ1) is 19.2. The third-order valence-corrected chi connectivity index (χ3v) is 6.80. The molecular weight excluding hydrogens is 364 g/mol. The number of nitrogens with one attached hydrogen (secondary N) is 1. The molecule has 1 heterocycles. The van der Waals surface area contributed by atoms with Crippen LogP contribution >= 0.6 is 23.3 Å². The van der Waals surface area contributed by atoms with Gasteiger partial charge in [0.1, 0.15) is 0 Å². The number of hydrogen-bond acceptors (Lipinski definition) is 5. The van der Waals surface area contributed by atoms with Crippen molar-refractivity contribution in [2.24, 2.45) is 10.9 Å². The van der Waals surface area contributed by atoms with Gasteiger partial charge < -0.3 is 11.1 Å². The van der Waals surface area contributed by atoms with E-state index < -0.39 is 6.03 Å². The van der Waals surface area contributed by atoms with E-state index in [1.807, 2.05) is 6.20 Å². The molecule has 2 amide bonds. The first-order valence-electron chi connectivity index (χ1n) is 9.05. The fraction of sp³-hybridized carbons (Fsp3) is 0.474. The Morgan fingerprint density at radius 1 is 1.19 bits per heavy atom. The molecule has 2 aliphatic carbocycles. The van der Waals surface area contributed by atoms with Crippen LogP contribution in [0, 0.1) is 0 Å². The van der Waals surface area contributed by atoms with Crippen LogP contribution in [0.3, 0.4) is 0 Å². The number of primary amides is 1. The van der Waals surface area contributed by atoms with Crippen molar-refractivity contribution >= 4 is 35.0 Å². The Labute approximate surface area is 163 Å². The number of carbonyl (C=O) groups is 1. The number of benzene rings is 1. The summed E-state index contributed by atoms with van der Waals surface area (Å²) in [5.74, 6) is 0.519. The van der Waals surface area contributed by atoms with E-state index in [1.54, 1.807) is 11.3 Å². The first-order chi connectivity index (χ1) is 12.5. The molecule has 26 heavy (non-hydrogen) atoms. The molecule has 0 saturated carbocycles. The predicted molar refractivity (Wildman–Crippen MR) is 110 cm³/mol. The van der Waals surface area contributed by atoms with Gasteiger partial charge in [-0.25, -0.2) is 9.78 Å². The van der Waals surface area contributed by atoms with Gasteiger partial charge >= 0.3 is 6.03 Å². The number of nitrogens with two attached hydrogens (primary N) is 2. The molecule has 140 valence electrons. The maximum absolute atomic E-state index is 11.1. The van der Waals surface area contributed by atoms with Crippen LogP contribution in [0.5, 0.6) is 0 Å². The largest absolute Gasteiger partial charge is 0.351 e. The topological polar surface area (TPSA) is 94.0 Å². The van der Waals surface area contributed by atoms with Crippen molar-refractivity contribution in [1.82, 2.24) is 4.98 Å². The molecule has 1 aromatic heterocycles. The van der Waals surface area contributed by atoms with Crippen molar-refractivity contribution in [2.45, 2.75) is 62.5 Å². The zero-order valence-electron chi connectivity index (χ0n) is 15.3. The maximum atomic E-state index is 11.1. The third kappa shape index (κ3) is 4.22. The lowest BCUT2D eigenvalue weighted by Crippen LogP contribution is -2.21. The lowest BCUT2D eigenvalue weighted by molar-refractivity contribution is 0.259. The van der Waals surface area contributed by atoms with E-state index in [9.17, 15) is 4.79 Å². The molecule has 0 atom stereocenters. The Kier molecular flexibility index (Phi) is 6.21. The maximum Gasteiger partial charge on any atom is 0.316 e. The van der Waals surface area contributed by atoms with Crippen LogP contribution in [0.15, 0.2) is 16.5 Å². The van der Waals surface area contributed by atoms with Crippen LogP contribution in [0.1, 0.15) is 59.9 Å². The summed E-state index contributed by atoms with van der Waals surface area (Å²) < 4.78 is 1.09. The van der Waals surface area contributed by atoms with Crippen molar-refractivity contribution in [2.75, 3.05) is 5.32 Å². The number of rotatable bonds is 3. The van der Waals surface area contributed by atoms with E-state index in [0.717, 1.165) is 40.6 Å². The molecule has 2 aromatic rings. The predicted octanol–water partition coefficient (Wildman–Crippen LogP) is 4.39. The average Bonchev–Trinajstić information content (AvgIpc) is 3.34. The molecule has 0 unspecified atom stereocenters. The highest BCUT2D eigenvalue weighted by Gasteiger charge is 2.24. The summed E-state index contributed by atoms with van der Waals surface area (Å²) >= 11 is 2.93. The normalized spacial score (nSPS) is 14.6. The number of urea groups is 1. The lowest BCUT2D eigenvalue weighted by atomic mass is 9.99. The summed E-state index contributed by atoms with van der Waals surface area (Å²) in [6.45, 7) is 4.26. The van der Waals surface area contributed by atoms with Crippen LogP contribution in [-0.2, 0) is 25.7 Å². The summed E-state index contributed by atoms with van der Waals surface area (Å²) in [6, 6.07) is 1.91. The number of fused-ring (bicyclic) bond motifs is 2. The minimum Gasteiger partial charge on any atom is -0.351 e. The van der Waals surface area contributed by atoms with Crippen LogP contribution in [0.4, 0.5) is 10.5 Å². The quantitative estimate of drug-likeness (QED) is 0.678. The Morgan fingerprint density at radius 3 is 2.23 bits per heavy atom. The molecule has 5 nitrogen and oxygen atoms in total. The Bertz CT molecular complexity index is 769. The average molecular weight is 391 g/mol. The number of carbonyl (C=O) groups excluding carboxylic acids is 1. The highest BCUT2D eigenvalue weighted by Crippen LogP contribution is 2.38. The van der Waals surface area contributed by atoms with Gasteiger partial charge in [-0.05, 0) is 72.7 Å². The fourth-order valence-electron chi connectivity index (χ4n) is 3.68. The van der Waals surface area contributed by atoms with Gasteiger partial charge in [0.2, 0.25) is 0 Å². The summed E-state index contributed by atoms with van der Waals surface area (Å²) in [6.07, 6.45) is 8.69. The third-order valence-electron chi connectivity index (χ3n) is 4.83. The highest BCUT2D eigenvalue weighted by atomic mass is 32.2. The minimum absolute atomic E-state index is 0.436. The van der Waals surface area contributed by atoms with Gasteiger partial charge in [-0.1, -0.05) is 19.9 Å². The molecule has 2 aliphatic rings. The van der Waals surface area contributed by atoms with Gasteiger partial charge in [0, 0.05) is 11.6 Å². The second kappa shape index (κ2) is 8.41. The van der Waals surface area contributed by atoms with Crippen LogP contribution < -0.4 is 16.2 Å². The second-order valence-corrected chi connectivity index (χ2v) is 9.01. The molecule has 0 saturated heterocycles. The minimum atomic E-state index is -0.436. The molecule has 4 rings (SSSR count). The zero-order chi connectivity index (χ0) is 18.7. The van der Waals surface area contributed by atoms with E-state index in [2.05, 4.69) is 30.2 Å². The van der Waals surface area contributed by atoms with E-state index in [-0.39, 0.29) is 0 Å². The van der Waals surface area contributed by atoms with E-state index in [1.165, 1.54) is 47.0 Å². The number of anilines is 1. The number of amides is 2. The van der Waals surface area contributed by atoms with Crippen molar-refractivity contribution in [3.63, 3.8) is 0 Å². The molecule has 0 spiro atoms. The van der Waals surface area contributed by atoms with Gasteiger partial charge in [0.15, 0.2) is 0 Å². The van der Waals surface area contributed by atoms with E-state index in [4.69, 9.17) is 10.9 Å². The van der Waals surface area contributed by atoms with Crippen molar-refractivity contribution in [1.29, 1.82) is 0 Å². The molecule has 0 fully saturated rings. The van der Waals surface area contributed by atoms with Gasteiger partial charge in [0.05, 0.1) is 15.4 Å². The summed E-state index contributed by atoms with van der Waals surface area (Å²) in [7, 11) is 0. The number of aryl methyl sites for hydroxylation is 2. The van der Waals surface area contributed by atoms with Gasteiger partial charge in [-0.3, -0.25) is 5.14 Å². The molecule has 0 radical (unpaired) electrons. The zero-order valence-corrected chi connectivity index (χ0v) is 16.9. The molecule has 1 aromatic carbocycles. The summed E-state index contributed by atoms with van der Waals surface area (Å²) in [4.78, 5) is 15.3. The standard InChI is InChI=1S/C13H16N2O.C6H10N2S2/c14-13(16)15-12-10-5-1-3-8(10)7-9-4-2-6-11(9)12;1-4(2)6-8-3-5(9-6)10-7/h7H,1-6H2,(H3,14,15,16);3-4H,7H2,1-2H3. The van der Waals surface area contributed by atoms with Gasteiger partial charge in [-0.15, -0.1) is 11.3 Å². The van der Waals surface area contributed by atoms with Crippen LogP contribution in [-0.4, -0.2) is 11.0 Å². The smallest absolute Gasteiger partial charge is 0.316 e. The fourth-order valence-corrected chi connectivity index (χ4v) is 4.90. The van der Waals surface area contributed by atoms with E-state index in [0.29, 0.717) is 5.92 Å². The van der Waals surface area contributed by atoms with Gasteiger partial charge in [-0.2, -0.15) is 0 Å². The van der Waals surface area contributed by atoms with Crippen molar-refractivity contribution < 1.29 is 4.79 Å².